The molecule has 0 atom stereocenters. The third-order valence-electron chi connectivity index (χ3n) is 5.73. The van der Waals surface area contributed by atoms with Crippen LogP contribution in [-0.4, -0.2) is 58.4 Å². The summed E-state index contributed by atoms with van der Waals surface area (Å²) in [6.07, 6.45) is 7.22. The summed E-state index contributed by atoms with van der Waals surface area (Å²) in [4.78, 5) is 22.3. The first kappa shape index (κ1) is 19.6. The number of amides is 1. The lowest BCUT2D eigenvalue weighted by Gasteiger charge is -2.27. The smallest absolute Gasteiger partial charge is 0.256 e. The van der Waals surface area contributed by atoms with Crippen LogP contribution < -0.4 is 0 Å². The van der Waals surface area contributed by atoms with Gasteiger partial charge in [0.15, 0.2) is 9.84 Å². The van der Waals surface area contributed by atoms with E-state index in [-0.39, 0.29) is 30.5 Å². The Morgan fingerprint density at radius 3 is 2.55 bits per heavy atom. The third-order valence-corrected chi connectivity index (χ3v) is 7.34. The Morgan fingerprint density at radius 1 is 1.00 bits per heavy atom. The monoisotopic (exact) mass is 434 g/mol. The van der Waals surface area contributed by atoms with Crippen LogP contribution in [0.2, 0.25) is 0 Å². The molecule has 1 aliphatic heterocycles. The average molecular weight is 435 g/mol. The summed E-state index contributed by atoms with van der Waals surface area (Å²) >= 11 is 0. The SMILES string of the molecule is O=C(c1cn(Cc2cnc[nH]2)cc1-c1cccc2ccccc12)N1CCS(=O)(=O)CC1. The second-order valence-electron chi connectivity index (χ2n) is 7.81. The van der Waals surface area contributed by atoms with E-state index in [1.165, 1.54) is 0 Å². The molecule has 1 fully saturated rings. The number of carbonyl (C=O) groups excluding carboxylic acids is 1. The van der Waals surface area contributed by atoms with Gasteiger partial charge in [-0.1, -0.05) is 42.5 Å². The lowest BCUT2D eigenvalue weighted by molar-refractivity contribution is 0.0771. The molecular formula is C23H22N4O3S. The van der Waals surface area contributed by atoms with E-state index in [2.05, 4.69) is 28.2 Å². The number of aromatic nitrogens is 3. The van der Waals surface area contributed by atoms with E-state index in [1.807, 2.05) is 41.2 Å². The summed E-state index contributed by atoms with van der Waals surface area (Å²) in [5.41, 5.74) is 3.34. The molecule has 158 valence electrons. The predicted molar refractivity (Wildman–Crippen MR) is 120 cm³/mol. The van der Waals surface area contributed by atoms with Gasteiger partial charge in [0.2, 0.25) is 0 Å². The fourth-order valence-electron chi connectivity index (χ4n) is 4.10. The molecule has 3 heterocycles. The van der Waals surface area contributed by atoms with E-state index in [9.17, 15) is 13.2 Å². The van der Waals surface area contributed by atoms with Crippen LogP contribution in [0.4, 0.5) is 0 Å². The zero-order chi connectivity index (χ0) is 21.4. The summed E-state index contributed by atoms with van der Waals surface area (Å²) in [5.74, 6) is -0.116. The maximum atomic E-state index is 13.5. The first-order chi connectivity index (χ1) is 15.0. The zero-order valence-corrected chi connectivity index (χ0v) is 17.7. The Balaban J connectivity index is 1.59. The normalized spacial score (nSPS) is 15.9. The number of benzene rings is 2. The Bertz CT molecular complexity index is 1340. The summed E-state index contributed by atoms with van der Waals surface area (Å²) in [6, 6.07) is 14.2. The quantitative estimate of drug-likeness (QED) is 0.535. The van der Waals surface area contributed by atoms with Crippen molar-refractivity contribution >= 4 is 26.5 Å². The van der Waals surface area contributed by atoms with Crippen molar-refractivity contribution in [2.24, 2.45) is 0 Å². The van der Waals surface area contributed by atoms with Crippen LogP contribution >= 0.6 is 0 Å². The largest absolute Gasteiger partial charge is 0.347 e. The number of nitrogens with one attached hydrogen (secondary N) is 1. The minimum absolute atomic E-state index is 0.0111. The van der Waals surface area contributed by atoms with Gasteiger partial charge in [0, 0.05) is 37.2 Å². The van der Waals surface area contributed by atoms with Gasteiger partial charge < -0.3 is 14.5 Å². The van der Waals surface area contributed by atoms with E-state index in [4.69, 9.17) is 0 Å². The van der Waals surface area contributed by atoms with Crippen molar-refractivity contribution in [3.63, 3.8) is 0 Å². The Kier molecular flexibility index (Phi) is 4.86. The molecule has 0 bridgehead atoms. The number of imidazole rings is 1. The minimum atomic E-state index is -3.06. The molecular weight excluding hydrogens is 412 g/mol. The molecule has 4 aromatic rings. The second kappa shape index (κ2) is 7.70. The number of H-pyrrole nitrogens is 1. The fourth-order valence-corrected chi connectivity index (χ4v) is 5.30. The average Bonchev–Trinajstić information content (AvgIpc) is 3.43. The van der Waals surface area contributed by atoms with Crippen molar-refractivity contribution in [2.75, 3.05) is 24.6 Å². The maximum absolute atomic E-state index is 13.5. The van der Waals surface area contributed by atoms with E-state index in [1.54, 1.807) is 17.4 Å². The maximum Gasteiger partial charge on any atom is 0.256 e. The van der Waals surface area contributed by atoms with Gasteiger partial charge in [-0.25, -0.2) is 13.4 Å². The van der Waals surface area contributed by atoms with Crippen molar-refractivity contribution < 1.29 is 13.2 Å². The standard InChI is InChI=1S/C23H22N4O3S/c28-23(27-8-10-31(29,30)11-9-27)22-15-26(13-18-12-24-16-25-18)14-21(22)20-7-3-5-17-4-1-2-6-19(17)20/h1-7,12,14-16H,8-11,13H2,(H,24,25). The van der Waals surface area contributed by atoms with E-state index >= 15 is 0 Å². The molecule has 1 saturated heterocycles. The fraction of sp³-hybridized carbons (Fsp3) is 0.217. The summed E-state index contributed by atoms with van der Waals surface area (Å²) in [6.45, 7) is 1.00. The molecule has 8 heteroatoms. The van der Waals surface area contributed by atoms with Crippen molar-refractivity contribution in [1.82, 2.24) is 19.4 Å². The molecule has 0 unspecified atom stereocenters. The van der Waals surface area contributed by atoms with Crippen molar-refractivity contribution in [3.8, 4) is 11.1 Å². The highest BCUT2D eigenvalue weighted by atomic mass is 32.2. The van der Waals surface area contributed by atoms with Gasteiger partial charge in [-0.05, 0) is 16.3 Å². The molecule has 1 N–H and O–H groups in total. The highest BCUT2D eigenvalue weighted by Crippen LogP contribution is 2.33. The molecule has 0 aliphatic carbocycles. The zero-order valence-electron chi connectivity index (χ0n) is 16.9. The van der Waals surface area contributed by atoms with Crippen molar-refractivity contribution in [3.05, 3.63) is 78.6 Å². The van der Waals surface area contributed by atoms with Gasteiger partial charge in [-0.3, -0.25) is 4.79 Å². The Hall–Kier alpha value is -3.39. The van der Waals surface area contributed by atoms with Crippen LogP contribution in [0.15, 0.2) is 67.4 Å². The number of hydrogen-bond donors (Lipinski definition) is 1. The number of nitrogens with zero attached hydrogens (tertiary/aromatic N) is 3. The molecule has 1 aliphatic rings. The van der Waals surface area contributed by atoms with Crippen LogP contribution in [0, 0.1) is 0 Å². The van der Waals surface area contributed by atoms with Crippen LogP contribution in [0.1, 0.15) is 16.1 Å². The molecule has 1 amide bonds. The molecule has 0 radical (unpaired) electrons. The molecule has 0 spiro atoms. The molecule has 2 aromatic carbocycles. The molecule has 5 rings (SSSR count). The van der Waals surface area contributed by atoms with Gasteiger partial charge in [0.25, 0.3) is 5.91 Å². The van der Waals surface area contributed by atoms with Gasteiger partial charge in [-0.15, -0.1) is 0 Å². The molecule has 7 nitrogen and oxygen atoms in total. The summed E-state index contributed by atoms with van der Waals surface area (Å²) < 4.78 is 25.6. The number of carbonyl (C=O) groups is 1. The number of sulfone groups is 1. The van der Waals surface area contributed by atoms with Gasteiger partial charge in [0.1, 0.15) is 0 Å². The number of hydrogen-bond acceptors (Lipinski definition) is 4. The lowest BCUT2D eigenvalue weighted by atomic mass is 9.97. The Labute approximate surface area is 180 Å². The van der Waals surface area contributed by atoms with Crippen LogP contribution in [0.25, 0.3) is 21.9 Å². The third kappa shape index (κ3) is 3.86. The van der Waals surface area contributed by atoms with Crippen LogP contribution in [-0.2, 0) is 16.4 Å². The number of rotatable bonds is 4. The topological polar surface area (TPSA) is 88.1 Å². The first-order valence-electron chi connectivity index (χ1n) is 10.1. The van der Waals surface area contributed by atoms with Gasteiger partial charge in [0.05, 0.1) is 35.6 Å². The molecule has 0 saturated carbocycles. The lowest BCUT2D eigenvalue weighted by Crippen LogP contribution is -2.43. The predicted octanol–water partition coefficient (Wildman–Crippen LogP) is 2.95. The van der Waals surface area contributed by atoms with Crippen LogP contribution in [0.5, 0.6) is 0 Å². The van der Waals surface area contributed by atoms with Crippen LogP contribution in [0.3, 0.4) is 0 Å². The number of fused-ring (bicyclic) bond motifs is 1. The van der Waals surface area contributed by atoms with Gasteiger partial charge in [-0.2, -0.15) is 0 Å². The van der Waals surface area contributed by atoms with E-state index < -0.39 is 9.84 Å². The summed E-state index contributed by atoms with van der Waals surface area (Å²) in [5, 5.41) is 2.17. The second-order valence-corrected chi connectivity index (χ2v) is 10.1. The van der Waals surface area contributed by atoms with Crippen molar-refractivity contribution in [1.29, 1.82) is 0 Å². The number of aromatic amines is 1. The summed E-state index contributed by atoms with van der Waals surface area (Å²) in [7, 11) is -3.06. The Morgan fingerprint density at radius 2 is 1.77 bits per heavy atom. The van der Waals surface area contributed by atoms with Crippen molar-refractivity contribution in [2.45, 2.75) is 6.54 Å². The van der Waals surface area contributed by atoms with E-state index in [0.29, 0.717) is 12.1 Å². The molecule has 31 heavy (non-hydrogen) atoms. The first-order valence-corrected chi connectivity index (χ1v) is 12.0. The molecule has 2 aromatic heterocycles. The highest BCUT2D eigenvalue weighted by Gasteiger charge is 2.28. The van der Waals surface area contributed by atoms with Gasteiger partial charge >= 0.3 is 0 Å². The highest BCUT2D eigenvalue weighted by molar-refractivity contribution is 7.91. The minimum Gasteiger partial charge on any atom is -0.347 e. The van der Waals surface area contributed by atoms with E-state index in [0.717, 1.165) is 27.6 Å².